The zero-order valence-electron chi connectivity index (χ0n) is 17.3. The lowest BCUT2D eigenvalue weighted by molar-refractivity contribution is -0.136. The lowest BCUT2D eigenvalue weighted by Crippen LogP contribution is -2.47. The summed E-state index contributed by atoms with van der Waals surface area (Å²) in [5.74, 6) is 1.05. The van der Waals surface area contributed by atoms with Gasteiger partial charge in [0.1, 0.15) is 12.4 Å². The molecule has 30 heavy (non-hydrogen) atoms. The molecule has 0 unspecified atom stereocenters. The van der Waals surface area contributed by atoms with E-state index in [0.717, 1.165) is 5.56 Å². The van der Waals surface area contributed by atoms with Crippen LogP contribution in [0.15, 0.2) is 53.7 Å². The number of urea groups is 1. The molecule has 0 radical (unpaired) electrons. The van der Waals surface area contributed by atoms with Crippen LogP contribution in [0.25, 0.3) is 0 Å². The summed E-state index contributed by atoms with van der Waals surface area (Å²) < 4.78 is 21.4. The number of rotatable bonds is 7. The molecule has 0 aliphatic carbocycles. The number of esters is 1. The van der Waals surface area contributed by atoms with Crippen molar-refractivity contribution in [3.8, 4) is 17.2 Å². The molecular formula is C22H24N2O6. The predicted octanol–water partition coefficient (Wildman–Crippen LogP) is 2.87. The van der Waals surface area contributed by atoms with Crippen LogP contribution in [0.5, 0.6) is 17.2 Å². The van der Waals surface area contributed by atoms with Crippen LogP contribution in [0, 0.1) is 6.92 Å². The van der Waals surface area contributed by atoms with E-state index in [9.17, 15) is 9.59 Å². The number of methoxy groups -OCH3 is 3. The first-order valence-corrected chi connectivity index (χ1v) is 9.27. The van der Waals surface area contributed by atoms with Crippen LogP contribution in [0.1, 0.15) is 17.2 Å². The van der Waals surface area contributed by atoms with Crippen molar-refractivity contribution in [3.05, 3.63) is 64.9 Å². The van der Waals surface area contributed by atoms with Crippen molar-refractivity contribution >= 4 is 12.0 Å². The third-order valence-corrected chi connectivity index (χ3v) is 4.70. The van der Waals surface area contributed by atoms with E-state index in [1.54, 1.807) is 18.2 Å². The standard InChI is InChI=1S/C22H24N2O6/c1-13-5-8-15(9-6-13)30-12-16-19(21(25)29-4)20(24-22(26)23-16)14-7-10-17(27-2)18(11-14)28-3/h5-11,20H,12H2,1-4H3,(H2,23,24,26)/t20-/m1/s1. The lowest BCUT2D eigenvalue weighted by atomic mass is 9.95. The Hall–Kier alpha value is -3.68. The van der Waals surface area contributed by atoms with Gasteiger partial charge in [-0.3, -0.25) is 0 Å². The molecule has 158 valence electrons. The van der Waals surface area contributed by atoms with Gasteiger partial charge in [0.25, 0.3) is 0 Å². The Bertz CT molecular complexity index is 968. The maximum atomic E-state index is 12.6. The number of ether oxygens (including phenoxy) is 4. The molecule has 0 saturated carbocycles. The fourth-order valence-electron chi connectivity index (χ4n) is 3.16. The van der Waals surface area contributed by atoms with E-state index in [-0.39, 0.29) is 12.2 Å². The number of carbonyl (C=O) groups is 2. The highest BCUT2D eigenvalue weighted by Crippen LogP contribution is 2.34. The van der Waals surface area contributed by atoms with Gasteiger partial charge in [-0.05, 0) is 36.8 Å². The van der Waals surface area contributed by atoms with Gasteiger partial charge in [-0.1, -0.05) is 23.8 Å². The van der Waals surface area contributed by atoms with Crippen molar-refractivity contribution in [1.82, 2.24) is 10.6 Å². The summed E-state index contributed by atoms with van der Waals surface area (Å²) >= 11 is 0. The van der Waals surface area contributed by atoms with Crippen LogP contribution in [-0.2, 0) is 9.53 Å². The molecule has 1 aliphatic rings. The molecule has 2 amide bonds. The zero-order valence-corrected chi connectivity index (χ0v) is 17.3. The third kappa shape index (κ3) is 4.48. The number of benzene rings is 2. The monoisotopic (exact) mass is 412 g/mol. The van der Waals surface area contributed by atoms with E-state index >= 15 is 0 Å². The number of aryl methyl sites for hydroxylation is 1. The summed E-state index contributed by atoms with van der Waals surface area (Å²) in [6, 6.07) is 11.4. The van der Waals surface area contributed by atoms with E-state index in [1.807, 2.05) is 31.2 Å². The Morgan fingerprint density at radius 3 is 2.33 bits per heavy atom. The van der Waals surface area contributed by atoms with E-state index in [1.165, 1.54) is 21.3 Å². The summed E-state index contributed by atoms with van der Waals surface area (Å²) in [7, 11) is 4.33. The molecule has 8 nitrogen and oxygen atoms in total. The average molecular weight is 412 g/mol. The highest BCUT2D eigenvalue weighted by Gasteiger charge is 2.34. The van der Waals surface area contributed by atoms with Crippen LogP contribution in [-0.4, -0.2) is 39.9 Å². The molecule has 8 heteroatoms. The number of hydrogen-bond donors (Lipinski definition) is 2. The van der Waals surface area contributed by atoms with E-state index < -0.39 is 18.0 Å². The smallest absolute Gasteiger partial charge is 0.338 e. The molecule has 0 spiro atoms. The molecule has 2 aromatic carbocycles. The Morgan fingerprint density at radius 1 is 1.00 bits per heavy atom. The van der Waals surface area contributed by atoms with E-state index in [4.69, 9.17) is 18.9 Å². The van der Waals surface area contributed by atoms with Gasteiger partial charge in [0.15, 0.2) is 11.5 Å². The Labute approximate surface area is 174 Å². The first-order valence-electron chi connectivity index (χ1n) is 9.27. The first-order chi connectivity index (χ1) is 14.5. The normalized spacial score (nSPS) is 15.7. The maximum absolute atomic E-state index is 12.6. The first kappa shape index (κ1) is 21.0. The molecule has 1 heterocycles. The molecule has 3 rings (SSSR count). The quantitative estimate of drug-likeness (QED) is 0.679. The second-order valence-electron chi connectivity index (χ2n) is 6.63. The molecule has 1 atom stereocenters. The van der Waals surface area contributed by atoms with Gasteiger partial charge in [-0.2, -0.15) is 0 Å². The SMILES string of the molecule is COC(=O)C1=C(COc2ccc(C)cc2)NC(=O)N[C@@H]1c1ccc(OC)c(OC)c1. The summed E-state index contributed by atoms with van der Waals surface area (Å²) in [6.07, 6.45) is 0. The van der Waals surface area contributed by atoms with Gasteiger partial charge < -0.3 is 29.6 Å². The lowest BCUT2D eigenvalue weighted by Gasteiger charge is -2.29. The van der Waals surface area contributed by atoms with Gasteiger partial charge >= 0.3 is 12.0 Å². The van der Waals surface area contributed by atoms with Crippen molar-refractivity contribution in [2.45, 2.75) is 13.0 Å². The second kappa shape index (κ2) is 9.21. The predicted molar refractivity (Wildman–Crippen MR) is 110 cm³/mol. The van der Waals surface area contributed by atoms with E-state index in [0.29, 0.717) is 28.5 Å². The van der Waals surface area contributed by atoms with Crippen LogP contribution in [0.3, 0.4) is 0 Å². The van der Waals surface area contributed by atoms with Gasteiger partial charge in [0.05, 0.1) is 38.6 Å². The minimum Gasteiger partial charge on any atom is -0.493 e. The molecule has 0 saturated heterocycles. The summed E-state index contributed by atoms with van der Waals surface area (Å²) in [5.41, 5.74) is 2.30. The van der Waals surface area contributed by atoms with E-state index in [2.05, 4.69) is 10.6 Å². The number of amides is 2. The van der Waals surface area contributed by atoms with Crippen molar-refractivity contribution in [3.63, 3.8) is 0 Å². The van der Waals surface area contributed by atoms with Crippen LogP contribution < -0.4 is 24.8 Å². The largest absolute Gasteiger partial charge is 0.493 e. The zero-order chi connectivity index (χ0) is 21.7. The minimum absolute atomic E-state index is 0.00922. The highest BCUT2D eigenvalue weighted by molar-refractivity contribution is 5.95. The topological polar surface area (TPSA) is 95.1 Å². The number of nitrogens with one attached hydrogen (secondary N) is 2. The van der Waals surface area contributed by atoms with Crippen molar-refractivity contribution in [2.75, 3.05) is 27.9 Å². The molecule has 0 aromatic heterocycles. The summed E-state index contributed by atoms with van der Waals surface area (Å²) in [5, 5.41) is 5.42. The second-order valence-corrected chi connectivity index (χ2v) is 6.63. The molecule has 0 fully saturated rings. The molecular weight excluding hydrogens is 388 g/mol. The fraction of sp³-hybridized carbons (Fsp3) is 0.273. The highest BCUT2D eigenvalue weighted by atomic mass is 16.5. The molecule has 2 aromatic rings. The third-order valence-electron chi connectivity index (χ3n) is 4.70. The minimum atomic E-state index is -0.748. The summed E-state index contributed by atoms with van der Waals surface area (Å²) in [4.78, 5) is 24.9. The van der Waals surface area contributed by atoms with Gasteiger partial charge in [0.2, 0.25) is 0 Å². The number of hydrogen-bond acceptors (Lipinski definition) is 6. The van der Waals surface area contributed by atoms with Crippen molar-refractivity contribution in [2.24, 2.45) is 0 Å². The van der Waals surface area contributed by atoms with Crippen LogP contribution in [0.4, 0.5) is 4.79 Å². The molecule has 2 N–H and O–H groups in total. The van der Waals surface area contributed by atoms with Crippen LogP contribution in [0.2, 0.25) is 0 Å². The van der Waals surface area contributed by atoms with Gasteiger partial charge in [0, 0.05) is 0 Å². The van der Waals surface area contributed by atoms with Gasteiger partial charge in [-0.25, -0.2) is 9.59 Å². The fourth-order valence-corrected chi connectivity index (χ4v) is 3.16. The Balaban J connectivity index is 1.98. The maximum Gasteiger partial charge on any atom is 0.338 e. The van der Waals surface area contributed by atoms with Crippen LogP contribution >= 0.6 is 0 Å². The number of carbonyl (C=O) groups excluding carboxylic acids is 2. The molecule has 1 aliphatic heterocycles. The molecule has 0 bridgehead atoms. The Morgan fingerprint density at radius 2 is 1.70 bits per heavy atom. The average Bonchev–Trinajstić information content (AvgIpc) is 2.77. The Kier molecular flexibility index (Phi) is 6.46. The van der Waals surface area contributed by atoms with Crippen molar-refractivity contribution in [1.29, 1.82) is 0 Å². The summed E-state index contributed by atoms with van der Waals surface area (Å²) in [6.45, 7) is 1.97. The van der Waals surface area contributed by atoms with Gasteiger partial charge in [-0.15, -0.1) is 0 Å². The van der Waals surface area contributed by atoms with Crippen molar-refractivity contribution < 1.29 is 28.5 Å².